The second-order valence-corrected chi connectivity index (χ2v) is 18.3. The highest BCUT2D eigenvalue weighted by atomic mass is 16.7. The number of hydrogen-bond donors (Lipinski definition) is 9. The van der Waals surface area contributed by atoms with Crippen molar-refractivity contribution in [2.75, 3.05) is 53.2 Å². The summed E-state index contributed by atoms with van der Waals surface area (Å²) >= 11 is 0. The Morgan fingerprint density at radius 2 is 0.940 bits per heavy atom. The van der Waals surface area contributed by atoms with Gasteiger partial charge in [-0.15, -0.1) is 0 Å². The largest absolute Gasteiger partial charge is 0.394 e. The Morgan fingerprint density at radius 3 is 1.37 bits per heavy atom. The van der Waals surface area contributed by atoms with E-state index in [1.807, 2.05) is 13.8 Å². The van der Waals surface area contributed by atoms with Crippen molar-refractivity contribution < 1.29 is 73.5 Å². The lowest BCUT2D eigenvalue weighted by Gasteiger charge is -2.40. The number of ether oxygens (including phenoxy) is 5. The Balaban J connectivity index is 0.00000686. The molecular formula is C49H95N3O15. The first-order chi connectivity index (χ1) is 32.1. The van der Waals surface area contributed by atoms with Crippen molar-refractivity contribution in [3.8, 4) is 0 Å². The fourth-order valence-corrected chi connectivity index (χ4v) is 7.36. The minimum atomic E-state index is -1.19. The highest BCUT2D eigenvalue weighted by Crippen LogP contribution is 2.28. The average Bonchev–Trinajstić information content (AvgIpc) is 3.30. The summed E-state index contributed by atoms with van der Waals surface area (Å²) in [5.41, 5.74) is 0. The molecular weight excluding hydrogens is 871 g/mol. The molecule has 0 aliphatic carbocycles. The third kappa shape index (κ3) is 29.4. The Bertz CT molecular complexity index is 1260. The average molecular weight is 966 g/mol. The normalized spacial score (nSPS) is 25.2. The first kappa shape index (κ1) is 64.6. The van der Waals surface area contributed by atoms with Crippen LogP contribution in [0.3, 0.4) is 0 Å². The van der Waals surface area contributed by atoms with Crippen molar-refractivity contribution in [1.82, 2.24) is 16.0 Å². The predicted molar refractivity (Wildman–Crippen MR) is 256 cm³/mol. The summed E-state index contributed by atoms with van der Waals surface area (Å²) in [4.78, 5) is 50.7. The highest BCUT2D eigenvalue weighted by molar-refractivity contribution is 5.89. The lowest BCUT2D eigenvalue weighted by atomic mass is 9.92. The molecule has 10 unspecified atom stereocenters. The lowest BCUT2D eigenvalue weighted by Crippen LogP contribution is -2.55. The predicted octanol–water partition coefficient (Wildman–Crippen LogP) is 3.81. The molecule has 2 aliphatic heterocycles. The van der Waals surface area contributed by atoms with Crippen LogP contribution >= 0.6 is 0 Å². The number of carbonyl (C=O) groups is 4. The second kappa shape index (κ2) is 40.4. The Labute approximate surface area is 402 Å². The number of hydrogen-bond acceptors (Lipinski definition) is 15. The van der Waals surface area contributed by atoms with Crippen LogP contribution in [-0.4, -0.2) is 163 Å². The van der Waals surface area contributed by atoms with Crippen molar-refractivity contribution in [1.29, 1.82) is 0 Å². The lowest BCUT2D eigenvalue weighted by molar-refractivity contribution is -0.282. The fourth-order valence-electron chi connectivity index (χ4n) is 7.36. The minimum absolute atomic E-state index is 0.00827. The molecule has 2 aliphatic rings. The van der Waals surface area contributed by atoms with Gasteiger partial charge in [0.1, 0.15) is 24.4 Å². The van der Waals surface area contributed by atoms with Crippen LogP contribution in [0.5, 0.6) is 0 Å². The van der Waals surface area contributed by atoms with Gasteiger partial charge in [0.2, 0.25) is 17.7 Å². The van der Waals surface area contributed by atoms with Gasteiger partial charge in [-0.2, -0.15) is 0 Å². The second-order valence-electron chi connectivity index (χ2n) is 18.3. The van der Waals surface area contributed by atoms with Crippen molar-refractivity contribution in [3.63, 3.8) is 0 Å². The summed E-state index contributed by atoms with van der Waals surface area (Å²) in [6, 6.07) is -0.636. The third-order valence-electron chi connectivity index (χ3n) is 11.4. The van der Waals surface area contributed by atoms with Gasteiger partial charge in [-0.3, -0.25) is 19.2 Å². The highest BCUT2D eigenvalue weighted by Gasteiger charge is 2.43. The molecule has 0 aromatic heterocycles. The topological polar surface area (TPSA) is 272 Å². The van der Waals surface area contributed by atoms with Gasteiger partial charge >= 0.3 is 0 Å². The number of amides is 3. The number of methoxy groups -OCH3 is 1. The minimum Gasteiger partial charge on any atom is -0.394 e. The standard InChI is InChI=1S/C43H79N3O15.C4H10.C2H6/c1-29-38(53)40(55)33(27-47)60-42(29)58-25-14-6-10-20-35(50)44-22-13-12-17-31(32(49)18-8-4-5-9-19-36(51)45-23-16-24-57-3)46-37(52)21-11-7-15-26-59-43-30(2)39(54)41(56)34(28-48)61-43;1-4(2)3;1-2/h29-31,33-34,38-43,47-48,53-56H,4-28H2,1-3H3,(H,44,50)(H,45,51)(H,46,52);4H,1-3H3;1-2H3/t29?,30?,31-,33?,34?,38?,39?,40?,41?,42?,43?;;/m0../s1. The summed E-state index contributed by atoms with van der Waals surface area (Å²) in [5, 5.41) is 68.0. The molecule has 0 spiro atoms. The van der Waals surface area contributed by atoms with Gasteiger partial charge in [0, 0.05) is 77.5 Å². The van der Waals surface area contributed by atoms with Gasteiger partial charge in [0.05, 0.1) is 31.5 Å². The van der Waals surface area contributed by atoms with Crippen LogP contribution in [0.2, 0.25) is 0 Å². The fraction of sp³-hybridized carbons (Fsp3) is 0.918. The molecule has 18 nitrogen and oxygen atoms in total. The molecule has 67 heavy (non-hydrogen) atoms. The molecule has 396 valence electrons. The molecule has 2 heterocycles. The van der Waals surface area contributed by atoms with Gasteiger partial charge in [0.25, 0.3) is 0 Å². The molecule has 2 fully saturated rings. The zero-order chi connectivity index (χ0) is 50.6. The number of aliphatic hydroxyl groups is 6. The maximum Gasteiger partial charge on any atom is 0.220 e. The quantitative estimate of drug-likeness (QED) is 0.0415. The zero-order valence-electron chi connectivity index (χ0n) is 42.5. The van der Waals surface area contributed by atoms with Crippen LogP contribution in [0.25, 0.3) is 0 Å². The van der Waals surface area contributed by atoms with E-state index in [1.54, 1.807) is 21.0 Å². The van der Waals surface area contributed by atoms with E-state index in [9.17, 15) is 49.8 Å². The molecule has 3 amide bonds. The number of unbranched alkanes of at least 4 members (excludes halogenated alkanes) is 8. The van der Waals surface area contributed by atoms with Crippen LogP contribution < -0.4 is 16.0 Å². The number of aliphatic hydroxyl groups excluding tert-OH is 6. The molecule has 0 aromatic carbocycles. The van der Waals surface area contributed by atoms with Crippen LogP contribution in [0, 0.1) is 17.8 Å². The first-order valence-electron chi connectivity index (χ1n) is 25.4. The molecule has 2 rings (SSSR count). The maximum absolute atomic E-state index is 13.3. The summed E-state index contributed by atoms with van der Waals surface area (Å²) < 4.78 is 27.7. The zero-order valence-corrected chi connectivity index (χ0v) is 42.5. The number of rotatable bonds is 34. The Morgan fingerprint density at radius 1 is 0.537 bits per heavy atom. The van der Waals surface area contributed by atoms with E-state index in [0.717, 1.165) is 38.0 Å². The van der Waals surface area contributed by atoms with Crippen molar-refractivity contribution in [3.05, 3.63) is 0 Å². The van der Waals surface area contributed by atoms with Crippen LogP contribution in [-0.2, 0) is 42.9 Å². The molecule has 11 atom stereocenters. The van der Waals surface area contributed by atoms with Crippen LogP contribution in [0.15, 0.2) is 0 Å². The number of nitrogens with one attached hydrogen (secondary N) is 3. The van der Waals surface area contributed by atoms with E-state index in [-0.39, 0.29) is 29.9 Å². The van der Waals surface area contributed by atoms with Gasteiger partial charge in [-0.1, -0.05) is 74.1 Å². The molecule has 0 bridgehead atoms. The molecule has 0 radical (unpaired) electrons. The molecule has 0 aromatic rings. The van der Waals surface area contributed by atoms with Gasteiger partial charge in [0.15, 0.2) is 18.4 Å². The van der Waals surface area contributed by atoms with E-state index in [4.69, 9.17) is 23.7 Å². The number of ketones is 1. The van der Waals surface area contributed by atoms with Crippen molar-refractivity contribution in [2.24, 2.45) is 17.8 Å². The van der Waals surface area contributed by atoms with Crippen molar-refractivity contribution >= 4 is 23.5 Å². The summed E-state index contributed by atoms with van der Waals surface area (Å²) in [6.45, 7) is 15.3. The first-order valence-corrected chi connectivity index (χ1v) is 25.4. The third-order valence-corrected chi connectivity index (χ3v) is 11.4. The Hall–Kier alpha value is -2.36. The van der Waals surface area contributed by atoms with E-state index in [0.29, 0.717) is 110 Å². The monoisotopic (exact) mass is 966 g/mol. The Kier molecular flexibility index (Phi) is 39.0. The van der Waals surface area contributed by atoms with Crippen LogP contribution in [0.1, 0.15) is 164 Å². The van der Waals surface area contributed by atoms with Gasteiger partial charge in [-0.05, 0) is 70.1 Å². The van der Waals surface area contributed by atoms with E-state index >= 15 is 0 Å². The van der Waals surface area contributed by atoms with E-state index in [1.165, 1.54) is 0 Å². The number of carbonyl (C=O) groups excluding carboxylic acids is 4. The van der Waals surface area contributed by atoms with E-state index in [2.05, 4.69) is 36.7 Å². The summed E-state index contributed by atoms with van der Waals surface area (Å²) in [6.07, 6.45) is 2.91. The number of Topliss-reactive ketones (excluding diaryl/α,β-unsaturated/α-hetero) is 1. The molecule has 9 N–H and O–H groups in total. The van der Waals surface area contributed by atoms with E-state index < -0.39 is 80.3 Å². The van der Waals surface area contributed by atoms with Crippen molar-refractivity contribution in [2.45, 2.75) is 219 Å². The smallest absolute Gasteiger partial charge is 0.220 e. The summed E-state index contributed by atoms with van der Waals surface area (Å²) in [5.74, 6) is -0.423. The maximum atomic E-state index is 13.3. The van der Waals surface area contributed by atoms with Crippen LogP contribution in [0.4, 0.5) is 0 Å². The van der Waals surface area contributed by atoms with Gasteiger partial charge in [-0.25, -0.2) is 0 Å². The summed E-state index contributed by atoms with van der Waals surface area (Å²) in [7, 11) is 1.62. The molecule has 18 heteroatoms. The SMILES string of the molecule is CC.CC(C)C.COCCCNC(=O)CCCCCCC(=O)[C@H](CCCCNC(=O)CCCCCOC1OC(CO)C(O)C(O)C1C)NC(=O)CCCCCOC1OC(CO)C(O)C(O)C1C. The molecule has 0 saturated carbocycles. The molecule has 2 saturated heterocycles. The van der Waals surface area contributed by atoms with Gasteiger partial charge < -0.3 is 70.3 Å².